The van der Waals surface area contributed by atoms with Gasteiger partial charge in [-0.2, -0.15) is 5.26 Å². The lowest BCUT2D eigenvalue weighted by atomic mass is 10.1. The fraction of sp³-hybridized carbons (Fsp3) is 0.333. The minimum atomic E-state index is -2.80. The van der Waals surface area contributed by atoms with E-state index in [0.29, 0.717) is 0 Å². The molecule has 0 aliphatic carbocycles. The molecule has 80 valence electrons. The van der Waals surface area contributed by atoms with E-state index in [2.05, 4.69) is 4.98 Å². The van der Waals surface area contributed by atoms with Crippen molar-refractivity contribution < 1.29 is 8.78 Å². The molecule has 1 aromatic heterocycles. The van der Waals surface area contributed by atoms with Crippen molar-refractivity contribution in [2.45, 2.75) is 19.4 Å². The van der Waals surface area contributed by atoms with Gasteiger partial charge in [-0.3, -0.25) is 4.79 Å². The van der Waals surface area contributed by atoms with Crippen LogP contribution in [-0.2, 0) is 13.0 Å². The largest absolute Gasteiger partial charge is 0.360 e. The van der Waals surface area contributed by atoms with Crippen LogP contribution in [0.15, 0.2) is 11.0 Å². The van der Waals surface area contributed by atoms with Crippen molar-refractivity contribution in [1.82, 2.24) is 4.98 Å². The van der Waals surface area contributed by atoms with Gasteiger partial charge in [-0.25, -0.2) is 8.78 Å². The van der Waals surface area contributed by atoms with Gasteiger partial charge in [0.15, 0.2) is 5.43 Å². The van der Waals surface area contributed by atoms with Crippen molar-refractivity contribution >= 4 is 0 Å². The molecule has 15 heavy (non-hydrogen) atoms. The van der Waals surface area contributed by atoms with Gasteiger partial charge in [-0.15, -0.1) is 0 Å². The molecule has 6 heteroatoms. The van der Waals surface area contributed by atoms with E-state index in [9.17, 15) is 13.6 Å². The Labute approximate surface area is 84.3 Å². The number of hydrogen-bond donors (Lipinski definition) is 2. The van der Waals surface area contributed by atoms with E-state index in [-0.39, 0.29) is 24.1 Å². The molecule has 0 spiro atoms. The second-order valence-electron chi connectivity index (χ2n) is 2.87. The van der Waals surface area contributed by atoms with Gasteiger partial charge in [0.25, 0.3) is 6.43 Å². The van der Waals surface area contributed by atoms with Crippen LogP contribution in [0.5, 0.6) is 0 Å². The summed E-state index contributed by atoms with van der Waals surface area (Å²) in [5.41, 5.74) is 4.17. The highest BCUT2D eigenvalue weighted by molar-refractivity contribution is 5.28. The molecule has 0 unspecified atom stereocenters. The van der Waals surface area contributed by atoms with Gasteiger partial charge in [0.05, 0.1) is 18.2 Å². The van der Waals surface area contributed by atoms with Crippen LogP contribution in [0, 0.1) is 11.3 Å². The summed E-state index contributed by atoms with van der Waals surface area (Å²) in [6.07, 6.45) is -1.99. The van der Waals surface area contributed by atoms with Crippen LogP contribution < -0.4 is 11.2 Å². The van der Waals surface area contributed by atoms with Crippen molar-refractivity contribution in [2.24, 2.45) is 5.73 Å². The summed E-state index contributed by atoms with van der Waals surface area (Å²) in [7, 11) is 0. The maximum atomic E-state index is 12.5. The smallest absolute Gasteiger partial charge is 0.278 e. The minimum Gasteiger partial charge on any atom is -0.360 e. The fourth-order valence-corrected chi connectivity index (χ4v) is 1.23. The topological polar surface area (TPSA) is 82.7 Å². The maximum Gasteiger partial charge on any atom is 0.278 e. The Bertz CT molecular complexity index is 448. The number of aromatic amines is 1. The van der Waals surface area contributed by atoms with E-state index in [1.54, 1.807) is 6.07 Å². The number of alkyl halides is 2. The Hall–Kier alpha value is -1.74. The molecular weight excluding hydrogens is 204 g/mol. The predicted octanol–water partition coefficient (Wildman–Crippen LogP) is 0.837. The summed E-state index contributed by atoms with van der Waals surface area (Å²) in [4.78, 5) is 13.8. The standard InChI is InChI=1S/C9H9F2N3O/c10-9(11)7-6(1-2-12)8(15)5(3-13)4-14-7/h4,9H,1,3,13H2,(H,14,15). The molecule has 1 rings (SSSR count). The molecule has 0 saturated carbocycles. The molecule has 4 nitrogen and oxygen atoms in total. The van der Waals surface area contributed by atoms with E-state index in [4.69, 9.17) is 11.0 Å². The first-order valence-electron chi connectivity index (χ1n) is 4.20. The zero-order chi connectivity index (χ0) is 11.4. The highest BCUT2D eigenvalue weighted by atomic mass is 19.3. The van der Waals surface area contributed by atoms with Crippen molar-refractivity contribution in [3.05, 3.63) is 33.2 Å². The fourth-order valence-electron chi connectivity index (χ4n) is 1.23. The third-order valence-electron chi connectivity index (χ3n) is 1.99. The van der Waals surface area contributed by atoms with E-state index in [0.717, 1.165) is 6.20 Å². The molecule has 0 aliphatic heterocycles. The lowest BCUT2D eigenvalue weighted by Gasteiger charge is -2.06. The normalized spacial score (nSPS) is 10.3. The Morgan fingerprint density at radius 2 is 2.27 bits per heavy atom. The van der Waals surface area contributed by atoms with Gasteiger partial charge in [0.1, 0.15) is 0 Å². The van der Waals surface area contributed by atoms with Gasteiger partial charge in [0, 0.05) is 23.9 Å². The first-order chi connectivity index (χ1) is 7.11. The van der Waals surface area contributed by atoms with Crippen LogP contribution in [0.3, 0.4) is 0 Å². The third-order valence-corrected chi connectivity index (χ3v) is 1.99. The number of nitrogens with two attached hydrogens (primary N) is 1. The first kappa shape index (κ1) is 11.3. The minimum absolute atomic E-state index is 0.0444. The SMILES string of the molecule is N#CCc1c(C(F)F)[nH]cc(CN)c1=O. The highest BCUT2D eigenvalue weighted by Crippen LogP contribution is 2.18. The van der Waals surface area contributed by atoms with Crippen LogP contribution in [0.1, 0.15) is 23.2 Å². The van der Waals surface area contributed by atoms with E-state index >= 15 is 0 Å². The number of nitriles is 1. The van der Waals surface area contributed by atoms with Crippen LogP contribution in [0.25, 0.3) is 0 Å². The first-order valence-corrected chi connectivity index (χ1v) is 4.20. The lowest BCUT2D eigenvalue weighted by Crippen LogP contribution is -2.20. The van der Waals surface area contributed by atoms with Gasteiger partial charge in [-0.1, -0.05) is 0 Å². The van der Waals surface area contributed by atoms with E-state index in [1.807, 2.05) is 0 Å². The zero-order valence-electron chi connectivity index (χ0n) is 7.76. The summed E-state index contributed by atoms with van der Waals surface area (Å²) in [6, 6.07) is 1.68. The summed E-state index contributed by atoms with van der Waals surface area (Å²) in [6.45, 7) is -0.0444. The molecule has 0 radical (unpaired) electrons. The molecule has 1 heterocycles. The van der Waals surface area contributed by atoms with Crippen molar-refractivity contribution in [2.75, 3.05) is 0 Å². The van der Waals surface area contributed by atoms with E-state index in [1.165, 1.54) is 0 Å². The Balaban J connectivity index is 3.39. The quantitative estimate of drug-likeness (QED) is 0.780. The molecule has 0 saturated heterocycles. The molecule has 3 N–H and O–H groups in total. The monoisotopic (exact) mass is 213 g/mol. The molecule has 1 aromatic rings. The Kier molecular flexibility index (Phi) is 3.52. The average Bonchev–Trinajstić information content (AvgIpc) is 2.20. The van der Waals surface area contributed by atoms with Crippen molar-refractivity contribution in [3.63, 3.8) is 0 Å². The molecule has 0 atom stereocenters. The van der Waals surface area contributed by atoms with Gasteiger partial charge in [-0.05, 0) is 0 Å². The van der Waals surface area contributed by atoms with Crippen LogP contribution in [0.4, 0.5) is 8.78 Å². The summed E-state index contributed by atoms with van der Waals surface area (Å²) in [5, 5.41) is 8.44. The van der Waals surface area contributed by atoms with E-state index < -0.39 is 17.5 Å². The summed E-state index contributed by atoms with van der Waals surface area (Å²) in [5.74, 6) is 0. The molecule has 0 aromatic carbocycles. The summed E-state index contributed by atoms with van der Waals surface area (Å²) < 4.78 is 24.9. The number of H-pyrrole nitrogens is 1. The molecule has 0 amide bonds. The van der Waals surface area contributed by atoms with Gasteiger partial charge < -0.3 is 10.7 Å². The van der Waals surface area contributed by atoms with Crippen LogP contribution in [-0.4, -0.2) is 4.98 Å². The molecule has 0 aliphatic rings. The van der Waals surface area contributed by atoms with Gasteiger partial charge >= 0.3 is 0 Å². The van der Waals surface area contributed by atoms with Gasteiger partial charge in [0.2, 0.25) is 0 Å². The lowest BCUT2D eigenvalue weighted by molar-refractivity contribution is 0.145. The third kappa shape index (κ3) is 2.19. The molecule has 0 fully saturated rings. The predicted molar refractivity (Wildman–Crippen MR) is 49.2 cm³/mol. The second-order valence-corrected chi connectivity index (χ2v) is 2.87. The average molecular weight is 213 g/mol. The number of hydrogen-bond acceptors (Lipinski definition) is 3. The summed E-state index contributed by atoms with van der Waals surface area (Å²) >= 11 is 0. The highest BCUT2D eigenvalue weighted by Gasteiger charge is 2.17. The van der Waals surface area contributed by atoms with Crippen molar-refractivity contribution in [1.29, 1.82) is 5.26 Å². The van der Waals surface area contributed by atoms with Crippen LogP contribution in [0.2, 0.25) is 0 Å². The van der Waals surface area contributed by atoms with Crippen LogP contribution >= 0.6 is 0 Å². The molecular formula is C9H9F2N3O. The van der Waals surface area contributed by atoms with Crippen molar-refractivity contribution in [3.8, 4) is 6.07 Å². The zero-order valence-corrected chi connectivity index (χ0v) is 7.76. The number of halogens is 2. The Morgan fingerprint density at radius 3 is 2.73 bits per heavy atom. The number of nitrogens with zero attached hydrogens (tertiary/aromatic N) is 1. The second kappa shape index (κ2) is 4.66. The number of aromatic nitrogens is 1. The number of pyridine rings is 1. The number of nitrogens with one attached hydrogen (secondary N) is 1. The molecule has 0 bridgehead atoms. The Morgan fingerprint density at radius 1 is 1.60 bits per heavy atom. The number of rotatable bonds is 3. The maximum absolute atomic E-state index is 12.5.